The SMILES string of the molecule is CC(C)(C)OC(=O)N1CCC(Nc2cc(C(=O)O)ncn2)CC1.CC(C)(C)OC(=O)NCCCNc1cc(C(=O)O)ncn1.CC(C)(C)OC(=O)NC[C@@H]1CCN(c2cc(C(=O)O)ncn2)C1.NC(=O)CCNc1cc(C(=O)O)ncn1.O=C(O)c1cc(N2CCC(O)C2)ncn1. The number of piperidine rings is 1. The van der Waals surface area contributed by atoms with Gasteiger partial charge in [0.1, 0.15) is 77.5 Å². The number of hydrogen-bond acceptors (Lipinski definition) is 28. The second-order valence-corrected chi connectivity index (χ2v) is 24.5. The first-order chi connectivity index (χ1) is 45.5. The first kappa shape index (κ1) is 78.4. The molecule has 3 fully saturated rings. The van der Waals surface area contributed by atoms with Gasteiger partial charge in [0.05, 0.1) is 6.10 Å². The number of aromatic nitrogens is 10. The number of β-amino-alcohol motifs (C(OH)–C–C–N with tert-alkyl or cyclic N) is 1. The Kier molecular flexibility index (Phi) is 30.5. The van der Waals surface area contributed by atoms with E-state index in [9.17, 15) is 48.3 Å². The highest BCUT2D eigenvalue weighted by Gasteiger charge is 2.29. The summed E-state index contributed by atoms with van der Waals surface area (Å²) in [5.74, 6) is -3.22. The number of alkyl carbamates (subject to hydrolysis) is 2. The molecule has 5 aromatic heterocycles. The van der Waals surface area contributed by atoms with Crippen LogP contribution in [0.15, 0.2) is 62.0 Å². The van der Waals surface area contributed by atoms with E-state index in [1.54, 1.807) is 25.7 Å². The van der Waals surface area contributed by atoms with Crippen LogP contribution in [0, 0.1) is 5.92 Å². The third-order valence-electron chi connectivity index (χ3n) is 12.9. The quantitative estimate of drug-likeness (QED) is 0.0383. The number of nitrogens with zero attached hydrogens (tertiary/aromatic N) is 13. The number of aliphatic hydroxyl groups is 1. The number of ether oxygens (including phenoxy) is 3. The first-order valence-corrected chi connectivity index (χ1v) is 30.4. The Hall–Kier alpha value is -11.0. The summed E-state index contributed by atoms with van der Waals surface area (Å²) in [4.78, 5) is 143. The lowest BCUT2D eigenvalue weighted by Crippen LogP contribution is -2.44. The highest BCUT2D eigenvalue weighted by Crippen LogP contribution is 2.23. The number of carbonyl (C=O) groups is 9. The molecule has 4 amide bonds. The zero-order chi connectivity index (χ0) is 72.0. The van der Waals surface area contributed by atoms with Crippen LogP contribution < -0.4 is 42.1 Å². The maximum atomic E-state index is 12.0. The molecule has 0 aromatic carbocycles. The largest absolute Gasteiger partial charge is 0.477 e. The molecule has 0 saturated carbocycles. The van der Waals surface area contributed by atoms with Crippen molar-refractivity contribution in [3.05, 3.63) is 90.4 Å². The molecule has 528 valence electrons. The summed E-state index contributed by atoms with van der Waals surface area (Å²) in [7, 11) is 0. The van der Waals surface area contributed by atoms with Crippen LogP contribution in [-0.2, 0) is 19.0 Å². The number of carbonyl (C=O) groups excluding carboxylic acids is 4. The van der Waals surface area contributed by atoms with E-state index >= 15 is 0 Å². The number of nitrogens with two attached hydrogens (primary N) is 1. The predicted molar refractivity (Wildman–Crippen MR) is 346 cm³/mol. The van der Waals surface area contributed by atoms with E-state index in [0.29, 0.717) is 101 Å². The number of aromatic carboxylic acids is 5. The van der Waals surface area contributed by atoms with Crippen LogP contribution in [0.1, 0.15) is 153 Å². The molecule has 0 spiro atoms. The summed E-state index contributed by atoms with van der Waals surface area (Å²) in [6, 6.07) is 7.05. The Labute approximate surface area is 557 Å². The lowest BCUT2D eigenvalue weighted by molar-refractivity contribution is -0.117. The smallest absolute Gasteiger partial charge is 0.410 e. The van der Waals surface area contributed by atoms with Crippen LogP contribution in [-0.4, -0.2) is 234 Å². The van der Waals surface area contributed by atoms with Gasteiger partial charge in [0.2, 0.25) is 5.91 Å². The van der Waals surface area contributed by atoms with Crippen LogP contribution in [0.4, 0.5) is 43.5 Å². The topological polar surface area (TPSA) is 527 Å². The Morgan fingerprint density at radius 3 is 1.32 bits per heavy atom. The molecule has 3 aliphatic rings. The van der Waals surface area contributed by atoms with Crippen molar-refractivity contribution >= 4 is 83.1 Å². The molecule has 1 unspecified atom stereocenters. The standard InChI is InChI=1S/2C15H22N4O4.C13H20N4O4.C9H11N3O3.C8H10N4O3/c1-15(2,3)23-14(22)19-6-4-10(5-7-19)18-12-8-11(13(20)21)16-9-17-12;1-15(2,3)23-14(22)16-7-10-4-5-19(8-10)12-6-11(13(20)21)17-9-18-12;1-13(2,3)21-12(20)15-6-4-5-14-10-7-9(11(18)19)16-8-17-10;13-6-1-2-12(4-6)8-3-7(9(14)15)10-5-11-8;9-6(13)1-2-10-7-3-5(8(14)15)11-4-12-7/h8-10H,4-7H2,1-3H3,(H,20,21)(H,16,17,18);6,9-10H,4-5,7-8H2,1-3H3,(H,16,22)(H,20,21);7-8H,4-6H2,1-3H3,(H,15,20)(H,18,19)(H,14,16,17);3,5-6,13H,1-2,4H2,(H,14,15);3-4H,1-2H2,(H2,9,13)(H,14,15)(H,10,11,12)/t;10-;;;/m.0.../s1. The Morgan fingerprint density at radius 1 is 0.485 bits per heavy atom. The van der Waals surface area contributed by atoms with Crippen molar-refractivity contribution in [3.8, 4) is 0 Å². The van der Waals surface area contributed by atoms with Crippen molar-refractivity contribution in [2.24, 2.45) is 11.7 Å². The van der Waals surface area contributed by atoms with Gasteiger partial charge in [0, 0.05) is 108 Å². The minimum absolute atomic E-state index is 0.0228. The summed E-state index contributed by atoms with van der Waals surface area (Å²) < 4.78 is 15.6. The van der Waals surface area contributed by atoms with Crippen LogP contribution in [0.3, 0.4) is 0 Å². The first-order valence-electron chi connectivity index (χ1n) is 30.4. The van der Waals surface area contributed by atoms with Crippen molar-refractivity contribution in [3.63, 3.8) is 0 Å². The van der Waals surface area contributed by atoms with Crippen molar-refractivity contribution in [2.45, 2.75) is 130 Å². The summed E-state index contributed by atoms with van der Waals surface area (Å²) in [5, 5.41) is 67.7. The fourth-order valence-corrected chi connectivity index (χ4v) is 8.53. The highest BCUT2D eigenvalue weighted by molar-refractivity contribution is 5.88. The highest BCUT2D eigenvalue weighted by atomic mass is 16.6. The molecule has 2 atom stereocenters. The minimum atomic E-state index is -1.13. The van der Waals surface area contributed by atoms with Gasteiger partial charge in [-0.15, -0.1) is 0 Å². The van der Waals surface area contributed by atoms with Crippen molar-refractivity contribution in [1.29, 1.82) is 0 Å². The third kappa shape index (κ3) is 31.2. The van der Waals surface area contributed by atoms with Crippen LogP contribution in [0.5, 0.6) is 0 Å². The normalized spacial score (nSPS) is 15.1. The Balaban J connectivity index is 0.000000261. The maximum Gasteiger partial charge on any atom is 0.410 e. The van der Waals surface area contributed by atoms with Crippen LogP contribution in [0.25, 0.3) is 0 Å². The molecule has 0 bridgehead atoms. The van der Waals surface area contributed by atoms with Crippen LogP contribution >= 0.6 is 0 Å². The number of carboxylic acid groups (broad SMARTS) is 5. The molecule has 5 aromatic rings. The van der Waals surface area contributed by atoms with E-state index in [0.717, 1.165) is 32.1 Å². The van der Waals surface area contributed by atoms with Gasteiger partial charge < -0.3 is 91.9 Å². The number of likely N-dealkylation sites (tertiary alicyclic amines) is 1. The fourth-order valence-electron chi connectivity index (χ4n) is 8.53. The predicted octanol–water partition coefficient (Wildman–Crippen LogP) is 4.22. The molecule has 8 heterocycles. The zero-order valence-electron chi connectivity index (χ0n) is 55.3. The zero-order valence-corrected chi connectivity index (χ0v) is 55.3. The van der Waals surface area contributed by atoms with Gasteiger partial charge in [0.15, 0.2) is 28.5 Å². The number of hydrogen-bond donors (Lipinski definition) is 12. The lowest BCUT2D eigenvalue weighted by atomic mass is 10.1. The van der Waals surface area contributed by atoms with Crippen molar-refractivity contribution in [2.75, 3.05) is 91.2 Å². The van der Waals surface area contributed by atoms with Crippen molar-refractivity contribution in [1.82, 2.24) is 65.4 Å². The fraction of sp³-hybridized carbons (Fsp3) is 0.517. The van der Waals surface area contributed by atoms with Gasteiger partial charge >= 0.3 is 48.1 Å². The average molecular weight is 1360 g/mol. The maximum absolute atomic E-state index is 12.0. The monoisotopic (exact) mass is 1360 g/mol. The third-order valence-corrected chi connectivity index (χ3v) is 12.9. The molecular weight excluding hydrogens is 1270 g/mol. The summed E-state index contributed by atoms with van der Waals surface area (Å²) in [6.07, 6.45) is 8.35. The molecule has 0 aliphatic carbocycles. The lowest BCUT2D eigenvalue weighted by Gasteiger charge is -2.33. The van der Waals surface area contributed by atoms with Gasteiger partial charge in [-0.05, 0) is 100 Å². The van der Waals surface area contributed by atoms with Gasteiger partial charge in [0.25, 0.3) is 0 Å². The molecule has 8 rings (SSSR count). The van der Waals surface area contributed by atoms with E-state index in [1.807, 2.05) is 51.3 Å². The van der Waals surface area contributed by atoms with Gasteiger partial charge in [-0.2, -0.15) is 0 Å². The molecule has 37 nitrogen and oxygen atoms in total. The number of carboxylic acids is 5. The second-order valence-electron chi connectivity index (χ2n) is 24.5. The van der Waals surface area contributed by atoms with E-state index in [4.69, 9.17) is 45.5 Å². The molecule has 13 N–H and O–H groups in total. The number of primary amides is 1. The van der Waals surface area contributed by atoms with Crippen molar-refractivity contribution < 1.29 is 88.0 Å². The average Bonchev–Trinajstić information content (AvgIpc) is 1.83. The number of nitrogens with one attached hydrogen (secondary N) is 5. The molecule has 3 aliphatic heterocycles. The van der Waals surface area contributed by atoms with E-state index in [1.165, 1.54) is 55.6 Å². The number of anilines is 5. The van der Waals surface area contributed by atoms with E-state index in [-0.39, 0.29) is 59.0 Å². The Bertz CT molecular complexity index is 3450. The van der Waals surface area contributed by atoms with Crippen LogP contribution in [0.2, 0.25) is 0 Å². The summed E-state index contributed by atoms with van der Waals surface area (Å²) in [5.41, 5.74) is 3.13. The van der Waals surface area contributed by atoms with Gasteiger partial charge in [-0.1, -0.05) is 0 Å². The number of aliphatic hydroxyl groups excluding tert-OH is 1. The molecular formula is C60H85N19O18. The summed E-state index contributed by atoms with van der Waals surface area (Å²) >= 11 is 0. The summed E-state index contributed by atoms with van der Waals surface area (Å²) in [6.45, 7) is 22.0. The van der Waals surface area contributed by atoms with Gasteiger partial charge in [-0.25, -0.2) is 88.2 Å². The molecule has 0 radical (unpaired) electrons. The minimum Gasteiger partial charge on any atom is -0.477 e. The second kappa shape index (κ2) is 37.8. The number of amides is 4. The van der Waals surface area contributed by atoms with E-state index in [2.05, 4.69) is 76.4 Å². The van der Waals surface area contributed by atoms with E-state index < -0.39 is 64.7 Å². The Morgan fingerprint density at radius 2 is 0.887 bits per heavy atom. The van der Waals surface area contributed by atoms with Gasteiger partial charge in [-0.3, -0.25) is 4.79 Å². The molecule has 3 saturated heterocycles. The molecule has 37 heteroatoms. The molecule has 97 heavy (non-hydrogen) atoms. The number of rotatable bonds is 20.